The molecular formula is C11H17FN2. The van der Waals surface area contributed by atoms with Crippen molar-refractivity contribution in [3.8, 4) is 0 Å². The highest BCUT2D eigenvalue weighted by molar-refractivity contribution is 5.26. The lowest BCUT2D eigenvalue weighted by molar-refractivity contribution is 0.342. The minimum atomic E-state index is -1.05. The van der Waals surface area contributed by atoms with Crippen molar-refractivity contribution < 1.29 is 4.39 Å². The third-order valence-corrected chi connectivity index (χ3v) is 2.26. The SMILES string of the molecule is CC.Cc1cc2c(n1C)=NC(F)CC=2. The Morgan fingerprint density at radius 3 is 2.79 bits per heavy atom. The van der Waals surface area contributed by atoms with Crippen molar-refractivity contribution in [2.75, 3.05) is 0 Å². The maximum atomic E-state index is 12.8. The van der Waals surface area contributed by atoms with Gasteiger partial charge in [-0.1, -0.05) is 19.9 Å². The van der Waals surface area contributed by atoms with E-state index >= 15 is 0 Å². The van der Waals surface area contributed by atoms with E-state index in [9.17, 15) is 4.39 Å². The van der Waals surface area contributed by atoms with Gasteiger partial charge < -0.3 is 4.57 Å². The molecule has 3 heteroatoms. The number of hydrogen-bond donors (Lipinski definition) is 0. The minimum Gasteiger partial charge on any atom is -0.333 e. The van der Waals surface area contributed by atoms with E-state index in [0.717, 1.165) is 16.4 Å². The standard InChI is InChI=1S/C9H11FN2.C2H6/c1-6-5-7-3-4-8(10)11-9(7)12(6)2;1-2/h3,5,8H,4H2,1-2H3;1-2H3. The van der Waals surface area contributed by atoms with Crippen LogP contribution in [0.2, 0.25) is 0 Å². The van der Waals surface area contributed by atoms with Gasteiger partial charge in [-0.25, -0.2) is 9.38 Å². The van der Waals surface area contributed by atoms with E-state index in [1.807, 2.05) is 44.5 Å². The summed E-state index contributed by atoms with van der Waals surface area (Å²) < 4.78 is 14.8. The van der Waals surface area contributed by atoms with Crippen molar-refractivity contribution in [3.05, 3.63) is 22.5 Å². The Hall–Kier alpha value is -1.12. The number of hydrogen-bond acceptors (Lipinski definition) is 1. The fourth-order valence-corrected chi connectivity index (χ4v) is 1.47. The van der Waals surface area contributed by atoms with Gasteiger partial charge >= 0.3 is 0 Å². The lowest BCUT2D eigenvalue weighted by atomic mass is 10.3. The van der Waals surface area contributed by atoms with Crippen molar-refractivity contribution in [3.63, 3.8) is 0 Å². The van der Waals surface area contributed by atoms with Crippen LogP contribution >= 0.6 is 0 Å². The van der Waals surface area contributed by atoms with Gasteiger partial charge in [-0.05, 0) is 13.0 Å². The molecule has 0 N–H and O–H groups in total. The average molecular weight is 196 g/mol. The first-order chi connectivity index (χ1) is 6.68. The van der Waals surface area contributed by atoms with Gasteiger partial charge in [0.1, 0.15) is 5.49 Å². The molecule has 0 bridgehead atoms. The molecular weight excluding hydrogens is 179 g/mol. The second kappa shape index (κ2) is 4.40. The molecule has 0 saturated heterocycles. The summed E-state index contributed by atoms with van der Waals surface area (Å²) in [7, 11) is 1.91. The molecule has 78 valence electrons. The molecule has 1 aromatic heterocycles. The third kappa shape index (κ3) is 1.86. The van der Waals surface area contributed by atoms with Crippen LogP contribution in [0.25, 0.3) is 6.08 Å². The Balaban J connectivity index is 0.000000461. The third-order valence-electron chi connectivity index (χ3n) is 2.26. The lowest BCUT2D eigenvalue weighted by Crippen LogP contribution is -2.32. The van der Waals surface area contributed by atoms with Gasteiger partial charge in [0.15, 0.2) is 6.30 Å². The van der Waals surface area contributed by atoms with Gasteiger partial charge in [-0.2, -0.15) is 0 Å². The van der Waals surface area contributed by atoms with Crippen LogP contribution in [0.15, 0.2) is 11.1 Å². The molecule has 0 radical (unpaired) electrons. The summed E-state index contributed by atoms with van der Waals surface area (Å²) >= 11 is 0. The van der Waals surface area contributed by atoms with Gasteiger partial charge in [0.25, 0.3) is 0 Å². The fraction of sp³-hybridized carbons (Fsp3) is 0.545. The number of fused-ring (bicyclic) bond motifs is 1. The first-order valence-electron chi connectivity index (χ1n) is 5.03. The van der Waals surface area contributed by atoms with Crippen LogP contribution in [0.4, 0.5) is 4.39 Å². The summed E-state index contributed by atoms with van der Waals surface area (Å²) in [5, 5.41) is 1.06. The zero-order valence-electron chi connectivity index (χ0n) is 9.21. The molecule has 2 rings (SSSR count). The number of rotatable bonds is 0. The van der Waals surface area contributed by atoms with Crippen LogP contribution in [-0.4, -0.2) is 10.9 Å². The van der Waals surface area contributed by atoms with Crippen LogP contribution in [0.5, 0.6) is 0 Å². The normalized spacial score (nSPS) is 18.5. The zero-order chi connectivity index (χ0) is 10.7. The molecule has 2 heterocycles. The number of nitrogens with zero attached hydrogens (tertiary/aromatic N) is 2. The van der Waals surface area contributed by atoms with Crippen LogP contribution < -0.4 is 10.7 Å². The molecule has 1 atom stereocenters. The fourth-order valence-electron chi connectivity index (χ4n) is 1.47. The summed E-state index contributed by atoms with van der Waals surface area (Å²) in [6.45, 7) is 5.99. The molecule has 0 saturated carbocycles. The Labute approximate surface area is 83.8 Å². The summed E-state index contributed by atoms with van der Waals surface area (Å²) in [4.78, 5) is 3.93. The molecule has 0 amide bonds. The average Bonchev–Trinajstić information content (AvgIpc) is 2.48. The first kappa shape index (κ1) is 11.0. The molecule has 0 fully saturated rings. The van der Waals surface area contributed by atoms with E-state index in [1.54, 1.807) is 0 Å². The molecule has 1 unspecified atom stereocenters. The zero-order valence-corrected chi connectivity index (χ0v) is 9.21. The largest absolute Gasteiger partial charge is 0.333 e. The highest BCUT2D eigenvalue weighted by Crippen LogP contribution is 2.02. The van der Waals surface area contributed by atoms with Gasteiger partial charge in [-0.3, -0.25) is 0 Å². The summed E-state index contributed by atoms with van der Waals surface area (Å²) in [6.07, 6.45) is 1.27. The van der Waals surface area contributed by atoms with Crippen LogP contribution in [0.3, 0.4) is 0 Å². The van der Waals surface area contributed by atoms with Crippen molar-refractivity contribution >= 4 is 6.08 Å². The Morgan fingerprint density at radius 1 is 1.50 bits per heavy atom. The van der Waals surface area contributed by atoms with Crippen molar-refractivity contribution in [1.82, 2.24) is 4.57 Å². The van der Waals surface area contributed by atoms with Gasteiger partial charge in [-0.15, -0.1) is 0 Å². The smallest absolute Gasteiger partial charge is 0.195 e. The summed E-state index contributed by atoms with van der Waals surface area (Å²) in [6, 6.07) is 2.03. The van der Waals surface area contributed by atoms with Gasteiger partial charge in [0.05, 0.1) is 0 Å². The second-order valence-corrected chi connectivity index (χ2v) is 3.13. The van der Waals surface area contributed by atoms with E-state index in [0.29, 0.717) is 6.42 Å². The lowest BCUT2D eigenvalue weighted by Gasteiger charge is -2.02. The van der Waals surface area contributed by atoms with Crippen LogP contribution in [0, 0.1) is 6.92 Å². The number of aryl methyl sites for hydroxylation is 1. The van der Waals surface area contributed by atoms with E-state index in [1.165, 1.54) is 0 Å². The predicted molar refractivity (Wildman–Crippen MR) is 56.3 cm³/mol. The Morgan fingerprint density at radius 2 is 2.14 bits per heavy atom. The number of aromatic nitrogens is 1. The molecule has 0 aromatic carbocycles. The first-order valence-corrected chi connectivity index (χ1v) is 5.03. The van der Waals surface area contributed by atoms with Crippen molar-refractivity contribution in [1.29, 1.82) is 0 Å². The van der Waals surface area contributed by atoms with Gasteiger partial charge in [0, 0.05) is 24.4 Å². The Kier molecular flexibility index (Phi) is 3.44. The van der Waals surface area contributed by atoms with Crippen molar-refractivity contribution in [2.24, 2.45) is 12.0 Å². The maximum Gasteiger partial charge on any atom is 0.195 e. The highest BCUT2D eigenvalue weighted by atomic mass is 19.1. The van der Waals surface area contributed by atoms with E-state index in [2.05, 4.69) is 4.99 Å². The molecule has 1 aromatic rings. The molecule has 0 spiro atoms. The monoisotopic (exact) mass is 196 g/mol. The number of halogens is 1. The molecule has 2 nitrogen and oxygen atoms in total. The van der Waals surface area contributed by atoms with E-state index in [-0.39, 0.29) is 0 Å². The molecule has 1 aliphatic heterocycles. The maximum absolute atomic E-state index is 12.8. The second-order valence-electron chi connectivity index (χ2n) is 3.13. The summed E-state index contributed by atoms with van der Waals surface area (Å²) in [5.74, 6) is 0. The predicted octanol–water partition coefficient (Wildman–Crippen LogP) is 1.46. The molecule has 14 heavy (non-hydrogen) atoms. The minimum absolute atomic E-state index is 0.413. The highest BCUT2D eigenvalue weighted by Gasteiger charge is 2.08. The topological polar surface area (TPSA) is 17.3 Å². The number of alkyl halides is 1. The van der Waals surface area contributed by atoms with Gasteiger partial charge in [0.2, 0.25) is 0 Å². The van der Waals surface area contributed by atoms with E-state index in [4.69, 9.17) is 0 Å². The van der Waals surface area contributed by atoms with Crippen molar-refractivity contribution in [2.45, 2.75) is 33.5 Å². The molecule has 1 aliphatic rings. The Bertz CT molecular complexity index is 417. The summed E-state index contributed by atoms with van der Waals surface area (Å²) in [5.41, 5.74) is 1.89. The van der Waals surface area contributed by atoms with Crippen LogP contribution in [-0.2, 0) is 7.05 Å². The quantitative estimate of drug-likeness (QED) is 0.559. The molecule has 0 aliphatic carbocycles. The van der Waals surface area contributed by atoms with E-state index < -0.39 is 6.30 Å². The van der Waals surface area contributed by atoms with Crippen LogP contribution in [0.1, 0.15) is 26.0 Å².